The fourth-order valence-electron chi connectivity index (χ4n) is 4.27. The van der Waals surface area contributed by atoms with Crippen molar-refractivity contribution in [1.29, 1.82) is 0 Å². The first kappa shape index (κ1) is 19.4. The van der Waals surface area contributed by atoms with Crippen LogP contribution in [0, 0.1) is 0 Å². The molecule has 1 unspecified atom stereocenters. The summed E-state index contributed by atoms with van der Waals surface area (Å²) < 4.78 is 28.2. The Balaban J connectivity index is 1.69. The van der Waals surface area contributed by atoms with Gasteiger partial charge in [-0.15, -0.1) is 0 Å². The molecular weight excluding hydrogens is 420 g/mol. The first-order valence-corrected chi connectivity index (χ1v) is 11.7. The smallest absolute Gasteiger partial charge is 0.268 e. The summed E-state index contributed by atoms with van der Waals surface area (Å²) in [6.07, 6.45) is 6.14. The SMILES string of the molecule is O=S(=O)(c1ccccc1)n1cc(C2C(Cl)=CN=CN2[C@H]2CCNC2)c2ccccc21. The van der Waals surface area contributed by atoms with Crippen molar-refractivity contribution in [1.82, 2.24) is 14.2 Å². The first-order valence-electron chi connectivity index (χ1n) is 9.85. The maximum Gasteiger partial charge on any atom is 0.268 e. The lowest BCUT2D eigenvalue weighted by atomic mass is 10.0. The third kappa shape index (κ3) is 3.14. The van der Waals surface area contributed by atoms with Crippen molar-refractivity contribution in [2.75, 3.05) is 13.1 Å². The Labute approximate surface area is 180 Å². The molecule has 8 heteroatoms. The lowest BCUT2D eigenvalue weighted by Gasteiger charge is -2.36. The molecular formula is C22H21ClN4O2S. The van der Waals surface area contributed by atoms with E-state index in [1.165, 1.54) is 3.97 Å². The van der Waals surface area contributed by atoms with Gasteiger partial charge in [0.15, 0.2) is 0 Å². The van der Waals surface area contributed by atoms with E-state index in [4.69, 9.17) is 11.6 Å². The molecule has 2 aromatic carbocycles. The number of fused-ring (bicyclic) bond motifs is 1. The Bertz CT molecular complexity index is 1240. The van der Waals surface area contributed by atoms with Crippen molar-refractivity contribution in [3.63, 3.8) is 0 Å². The normalized spacial score (nSPS) is 21.9. The van der Waals surface area contributed by atoms with E-state index < -0.39 is 10.0 Å². The molecule has 1 N–H and O–H groups in total. The molecule has 1 fully saturated rings. The van der Waals surface area contributed by atoms with Gasteiger partial charge in [-0.2, -0.15) is 0 Å². The highest BCUT2D eigenvalue weighted by molar-refractivity contribution is 7.90. The Morgan fingerprint density at radius 3 is 2.60 bits per heavy atom. The van der Waals surface area contributed by atoms with Crippen LogP contribution in [0.2, 0.25) is 0 Å². The summed E-state index contributed by atoms with van der Waals surface area (Å²) in [4.78, 5) is 6.69. The highest BCUT2D eigenvalue weighted by Gasteiger charge is 2.34. The first-order chi connectivity index (χ1) is 14.6. The predicted octanol–water partition coefficient (Wildman–Crippen LogP) is 3.71. The van der Waals surface area contributed by atoms with Crippen LogP contribution in [0.4, 0.5) is 0 Å². The molecule has 1 saturated heterocycles. The van der Waals surface area contributed by atoms with Crippen molar-refractivity contribution in [2.24, 2.45) is 4.99 Å². The average molecular weight is 441 g/mol. The second-order valence-electron chi connectivity index (χ2n) is 7.49. The summed E-state index contributed by atoms with van der Waals surface area (Å²) >= 11 is 6.66. The van der Waals surface area contributed by atoms with Crippen molar-refractivity contribution in [3.05, 3.63) is 77.6 Å². The van der Waals surface area contributed by atoms with Gasteiger partial charge in [-0.3, -0.25) is 0 Å². The second-order valence-corrected chi connectivity index (χ2v) is 9.74. The minimum absolute atomic E-state index is 0.244. The third-order valence-electron chi connectivity index (χ3n) is 5.72. The Morgan fingerprint density at radius 2 is 1.83 bits per heavy atom. The van der Waals surface area contributed by atoms with Crippen LogP contribution in [-0.2, 0) is 10.0 Å². The van der Waals surface area contributed by atoms with E-state index in [9.17, 15) is 8.42 Å². The van der Waals surface area contributed by atoms with Crippen LogP contribution in [0.15, 0.2) is 81.9 Å². The van der Waals surface area contributed by atoms with Gasteiger partial charge >= 0.3 is 0 Å². The van der Waals surface area contributed by atoms with Gasteiger partial charge in [0, 0.05) is 35.9 Å². The van der Waals surface area contributed by atoms with Gasteiger partial charge < -0.3 is 10.2 Å². The number of nitrogens with zero attached hydrogens (tertiary/aromatic N) is 3. The number of hydrogen-bond donors (Lipinski definition) is 1. The molecule has 2 aliphatic heterocycles. The molecule has 0 saturated carbocycles. The number of benzene rings is 2. The highest BCUT2D eigenvalue weighted by atomic mass is 35.5. The summed E-state index contributed by atoms with van der Waals surface area (Å²) in [5.41, 5.74) is 1.48. The molecule has 0 amide bonds. The van der Waals surface area contributed by atoms with Gasteiger partial charge in [0.1, 0.15) is 0 Å². The largest absolute Gasteiger partial charge is 0.346 e. The van der Waals surface area contributed by atoms with E-state index in [1.807, 2.05) is 30.6 Å². The minimum Gasteiger partial charge on any atom is -0.346 e. The molecule has 0 radical (unpaired) electrons. The number of halogens is 1. The molecule has 0 aliphatic carbocycles. The van der Waals surface area contributed by atoms with Gasteiger partial charge in [0.05, 0.1) is 27.8 Å². The molecule has 154 valence electrons. The molecule has 2 atom stereocenters. The molecule has 3 aromatic rings. The van der Waals surface area contributed by atoms with Gasteiger partial charge in [-0.1, -0.05) is 48.0 Å². The zero-order valence-corrected chi connectivity index (χ0v) is 17.7. The zero-order valence-electron chi connectivity index (χ0n) is 16.1. The molecule has 30 heavy (non-hydrogen) atoms. The molecule has 2 aliphatic rings. The van der Waals surface area contributed by atoms with Crippen LogP contribution < -0.4 is 5.32 Å². The van der Waals surface area contributed by atoms with Crippen molar-refractivity contribution < 1.29 is 8.42 Å². The predicted molar refractivity (Wildman–Crippen MR) is 119 cm³/mol. The second kappa shape index (κ2) is 7.58. The summed E-state index contributed by atoms with van der Waals surface area (Å²) in [5, 5.41) is 4.81. The van der Waals surface area contributed by atoms with Crippen LogP contribution in [0.3, 0.4) is 0 Å². The number of nitrogens with one attached hydrogen (secondary N) is 1. The fourth-order valence-corrected chi connectivity index (χ4v) is 5.95. The monoisotopic (exact) mass is 440 g/mol. The molecule has 1 aromatic heterocycles. The van der Waals surface area contributed by atoms with E-state index in [1.54, 1.807) is 42.7 Å². The van der Waals surface area contributed by atoms with Gasteiger partial charge in [0.2, 0.25) is 0 Å². The number of para-hydroxylation sites is 1. The van der Waals surface area contributed by atoms with Crippen LogP contribution in [0.5, 0.6) is 0 Å². The number of aliphatic imine (C=N–C) groups is 1. The molecule has 3 heterocycles. The van der Waals surface area contributed by atoms with Crippen LogP contribution in [-0.4, -0.2) is 42.8 Å². The van der Waals surface area contributed by atoms with Gasteiger partial charge in [0.25, 0.3) is 10.0 Å². The Kier molecular flexibility index (Phi) is 4.89. The topological polar surface area (TPSA) is 66.7 Å². The Morgan fingerprint density at radius 1 is 1.07 bits per heavy atom. The lowest BCUT2D eigenvalue weighted by Crippen LogP contribution is -2.40. The summed E-state index contributed by atoms with van der Waals surface area (Å²) in [6.45, 7) is 1.78. The molecule has 0 spiro atoms. The number of rotatable bonds is 4. The quantitative estimate of drug-likeness (QED) is 0.671. The summed E-state index contributed by atoms with van der Waals surface area (Å²) in [6, 6.07) is 16.0. The molecule has 0 bridgehead atoms. The fraction of sp³-hybridized carbons (Fsp3) is 0.227. The molecule has 6 nitrogen and oxygen atoms in total. The number of hydrogen-bond acceptors (Lipinski definition) is 5. The average Bonchev–Trinajstić information content (AvgIpc) is 3.43. The van der Waals surface area contributed by atoms with Crippen LogP contribution in [0.25, 0.3) is 10.9 Å². The van der Waals surface area contributed by atoms with E-state index >= 15 is 0 Å². The molecule has 5 rings (SSSR count). The summed E-state index contributed by atoms with van der Waals surface area (Å²) in [5.74, 6) is 0. The van der Waals surface area contributed by atoms with Crippen LogP contribution in [0.1, 0.15) is 18.0 Å². The Hall–Kier alpha value is -2.61. The third-order valence-corrected chi connectivity index (χ3v) is 7.71. The van der Waals surface area contributed by atoms with Crippen LogP contribution >= 0.6 is 11.6 Å². The van der Waals surface area contributed by atoms with E-state index in [-0.39, 0.29) is 17.0 Å². The maximum atomic E-state index is 13.4. The van der Waals surface area contributed by atoms with Crippen molar-refractivity contribution >= 4 is 38.9 Å². The van der Waals surface area contributed by atoms with Crippen molar-refractivity contribution in [2.45, 2.75) is 23.4 Å². The highest BCUT2D eigenvalue weighted by Crippen LogP contribution is 2.40. The number of aromatic nitrogens is 1. The van der Waals surface area contributed by atoms with Crippen molar-refractivity contribution in [3.8, 4) is 0 Å². The van der Waals surface area contributed by atoms with Gasteiger partial charge in [-0.25, -0.2) is 17.4 Å². The van der Waals surface area contributed by atoms with E-state index in [0.717, 1.165) is 30.5 Å². The maximum absolute atomic E-state index is 13.4. The standard InChI is InChI=1S/C22H21ClN4O2S/c23-20-13-25-15-26(16-10-11-24-12-16)22(20)19-14-27(21-9-5-4-8-18(19)21)30(28,29)17-6-2-1-3-7-17/h1-9,13-16,22,24H,10-12H2/t16-,22?/m0/s1. The van der Waals surface area contributed by atoms with E-state index in [2.05, 4.69) is 15.2 Å². The zero-order chi connectivity index (χ0) is 20.7. The lowest BCUT2D eigenvalue weighted by molar-refractivity contribution is 0.288. The van der Waals surface area contributed by atoms with E-state index in [0.29, 0.717) is 10.5 Å². The minimum atomic E-state index is -3.75. The van der Waals surface area contributed by atoms with Gasteiger partial charge in [-0.05, 0) is 31.2 Å². The summed E-state index contributed by atoms with van der Waals surface area (Å²) in [7, 11) is -3.75.